The Morgan fingerprint density at radius 2 is 1.50 bits per heavy atom. The molecule has 0 radical (unpaired) electrons. The zero-order chi connectivity index (χ0) is 22.6. The highest BCUT2D eigenvalue weighted by Crippen LogP contribution is 2.19. The third-order valence-electron chi connectivity index (χ3n) is 4.91. The molecule has 174 valence electrons. The molecule has 0 aromatic rings. The first-order valence-electron chi connectivity index (χ1n) is 11.4. The number of carbonyl (C=O) groups is 2. The Morgan fingerprint density at radius 3 is 2.03 bits per heavy atom. The molecule has 0 heterocycles. The quantitative estimate of drug-likeness (QED) is 0.172. The summed E-state index contributed by atoms with van der Waals surface area (Å²) >= 11 is 1.23. The molecule has 0 rings (SSSR count). The van der Waals surface area contributed by atoms with Gasteiger partial charge in [-0.2, -0.15) is 0 Å². The van der Waals surface area contributed by atoms with Crippen LogP contribution in [0.4, 0.5) is 0 Å². The Labute approximate surface area is 186 Å². The summed E-state index contributed by atoms with van der Waals surface area (Å²) in [5, 5.41) is 27.5. The van der Waals surface area contributed by atoms with Gasteiger partial charge in [0, 0.05) is 18.6 Å². The van der Waals surface area contributed by atoms with Crippen molar-refractivity contribution in [2.24, 2.45) is 5.73 Å². The van der Waals surface area contributed by atoms with E-state index in [4.69, 9.17) is 15.9 Å². The third-order valence-corrected chi connectivity index (χ3v) is 6.25. The molecule has 0 saturated heterocycles. The first kappa shape index (κ1) is 28.8. The molecular weight excluding hydrogens is 402 g/mol. The normalized spacial score (nSPS) is 13.8. The second-order valence-corrected chi connectivity index (χ2v) is 8.98. The SMILES string of the molecule is CCCCCCCCCCCCC#C[C@H](SC[C@H](N)C(=O)O)[C@H](O)CCCC(=O)O. The van der Waals surface area contributed by atoms with Gasteiger partial charge < -0.3 is 21.1 Å². The largest absolute Gasteiger partial charge is 0.481 e. The van der Waals surface area contributed by atoms with Crippen molar-refractivity contribution < 1.29 is 24.9 Å². The van der Waals surface area contributed by atoms with E-state index in [0.717, 1.165) is 19.3 Å². The van der Waals surface area contributed by atoms with Crippen LogP contribution >= 0.6 is 11.8 Å². The van der Waals surface area contributed by atoms with E-state index in [0.29, 0.717) is 12.8 Å². The zero-order valence-electron chi connectivity index (χ0n) is 18.5. The van der Waals surface area contributed by atoms with Crippen LogP contribution in [0.15, 0.2) is 0 Å². The van der Waals surface area contributed by atoms with Crippen LogP contribution in [-0.4, -0.2) is 50.4 Å². The third kappa shape index (κ3) is 17.6. The molecule has 3 atom stereocenters. The molecule has 0 spiro atoms. The van der Waals surface area contributed by atoms with E-state index in [2.05, 4.69) is 18.8 Å². The predicted molar refractivity (Wildman–Crippen MR) is 124 cm³/mol. The number of carboxylic acids is 2. The van der Waals surface area contributed by atoms with Gasteiger partial charge in [-0.3, -0.25) is 9.59 Å². The molecular formula is C23H41NO5S. The lowest BCUT2D eigenvalue weighted by atomic mass is 10.1. The van der Waals surface area contributed by atoms with E-state index in [1.807, 2.05) is 0 Å². The molecule has 0 aromatic heterocycles. The summed E-state index contributed by atoms with van der Waals surface area (Å²) in [4.78, 5) is 21.5. The van der Waals surface area contributed by atoms with Crippen molar-refractivity contribution in [1.29, 1.82) is 0 Å². The molecule has 7 heteroatoms. The van der Waals surface area contributed by atoms with E-state index in [9.17, 15) is 14.7 Å². The van der Waals surface area contributed by atoms with E-state index < -0.39 is 29.3 Å². The van der Waals surface area contributed by atoms with Gasteiger partial charge in [-0.1, -0.05) is 70.6 Å². The number of nitrogens with two attached hydrogens (primary N) is 1. The standard InChI is InChI=1S/C23H41NO5S/c1-2-3-4-5-6-7-8-9-10-11-12-13-16-21(30-18-19(24)23(28)29)20(25)15-14-17-22(26)27/h19-21,25H,2-12,14-15,17-18,24H2,1H3,(H,26,27)(H,28,29)/t19-,20+,21-/m0/s1. The average molecular weight is 444 g/mol. The molecule has 6 nitrogen and oxygen atoms in total. The van der Waals surface area contributed by atoms with Crippen LogP contribution in [0, 0.1) is 11.8 Å². The maximum Gasteiger partial charge on any atom is 0.321 e. The van der Waals surface area contributed by atoms with Gasteiger partial charge in [0.15, 0.2) is 0 Å². The van der Waals surface area contributed by atoms with Crippen molar-refractivity contribution in [3.05, 3.63) is 0 Å². The van der Waals surface area contributed by atoms with Crippen LogP contribution in [0.3, 0.4) is 0 Å². The molecule has 0 aliphatic heterocycles. The molecule has 5 N–H and O–H groups in total. The number of carboxylic acid groups (broad SMARTS) is 2. The van der Waals surface area contributed by atoms with E-state index >= 15 is 0 Å². The molecule has 0 aromatic carbocycles. The Kier molecular flexibility index (Phi) is 18.9. The molecule has 0 aliphatic carbocycles. The fourth-order valence-electron chi connectivity index (χ4n) is 3.01. The highest BCUT2D eigenvalue weighted by molar-refractivity contribution is 8.00. The molecule has 30 heavy (non-hydrogen) atoms. The Hall–Kier alpha value is -1.23. The first-order valence-corrected chi connectivity index (χ1v) is 12.4. The molecule has 0 saturated carbocycles. The summed E-state index contributed by atoms with van der Waals surface area (Å²) in [6.45, 7) is 2.23. The number of aliphatic hydroxyl groups excluding tert-OH is 1. The lowest BCUT2D eigenvalue weighted by Crippen LogP contribution is -2.34. The van der Waals surface area contributed by atoms with Gasteiger partial charge in [0.25, 0.3) is 0 Å². The topological polar surface area (TPSA) is 121 Å². The summed E-state index contributed by atoms with van der Waals surface area (Å²) in [7, 11) is 0. The number of unbranched alkanes of at least 4 members (excludes halogenated alkanes) is 10. The monoisotopic (exact) mass is 443 g/mol. The number of hydrogen-bond acceptors (Lipinski definition) is 5. The van der Waals surface area contributed by atoms with E-state index in [1.165, 1.54) is 63.1 Å². The van der Waals surface area contributed by atoms with Gasteiger partial charge in [0.05, 0.1) is 11.4 Å². The number of thioether (sulfide) groups is 1. The maximum absolute atomic E-state index is 10.9. The second-order valence-electron chi connectivity index (χ2n) is 7.81. The fraction of sp³-hybridized carbons (Fsp3) is 0.826. The maximum atomic E-state index is 10.9. The van der Waals surface area contributed by atoms with Crippen molar-refractivity contribution in [3.63, 3.8) is 0 Å². The number of rotatable bonds is 19. The summed E-state index contributed by atoms with van der Waals surface area (Å²) in [5.41, 5.74) is 5.55. The predicted octanol–water partition coefficient (Wildman–Crippen LogP) is 4.43. The van der Waals surface area contributed by atoms with Crippen molar-refractivity contribution in [2.75, 3.05) is 5.75 Å². The second kappa shape index (κ2) is 19.7. The van der Waals surface area contributed by atoms with Gasteiger partial charge >= 0.3 is 11.9 Å². The van der Waals surface area contributed by atoms with Crippen molar-refractivity contribution >= 4 is 23.7 Å². The summed E-state index contributed by atoms with van der Waals surface area (Å²) in [6.07, 6.45) is 13.2. The fourth-order valence-corrected chi connectivity index (χ4v) is 4.10. The number of aliphatic hydroxyl groups is 1. The van der Waals surface area contributed by atoms with Gasteiger partial charge in [0.2, 0.25) is 0 Å². The van der Waals surface area contributed by atoms with Crippen LogP contribution in [-0.2, 0) is 9.59 Å². The lowest BCUT2D eigenvalue weighted by Gasteiger charge is -2.18. The van der Waals surface area contributed by atoms with Gasteiger partial charge in [-0.05, 0) is 19.3 Å². The Balaban J connectivity index is 4.18. The molecule has 0 aliphatic rings. The minimum Gasteiger partial charge on any atom is -0.481 e. The Morgan fingerprint density at radius 1 is 0.933 bits per heavy atom. The minimum absolute atomic E-state index is 0.00484. The van der Waals surface area contributed by atoms with Gasteiger partial charge in [-0.15, -0.1) is 17.7 Å². The summed E-state index contributed by atoms with van der Waals surface area (Å²) in [6, 6.07) is -1.01. The summed E-state index contributed by atoms with van der Waals surface area (Å²) < 4.78 is 0. The van der Waals surface area contributed by atoms with Crippen LogP contribution in [0.1, 0.15) is 96.8 Å². The average Bonchev–Trinajstić information content (AvgIpc) is 2.70. The van der Waals surface area contributed by atoms with Crippen LogP contribution in [0.25, 0.3) is 0 Å². The minimum atomic E-state index is -1.08. The highest BCUT2D eigenvalue weighted by atomic mass is 32.2. The Bertz CT molecular complexity index is 517. The highest BCUT2D eigenvalue weighted by Gasteiger charge is 2.21. The van der Waals surface area contributed by atoms with Gasteiger partial charge in [-0.25, -0.2) is 0 Å². The molecule has 0 unspecified atom stereocenters. The van der Waals surface area contributed by atoms with Gasteiger partial charge in [0.1, 0.15) is 6.04 Å². The van der Waals surface area contributed by atoms with Crippen molar-refractivity contribution in [3.8, 4) is 11.8 Å². The number of aliphatic carboxylic acids is 2. The van der Waals surface area contributed by atoms with E-state index in [-0.39, 0.29) is 12.2 Å². The van der Waals surface area contributed by atoms with Crippen molar-refractivity contribution in [1.82, 2.24) is 0 Å². The molecule has 0 amide bonds. The lowest BCUT2D eigenvalue weighted by molar-refractivity contribution is -0.138. The van der Waals surface area contributed by atoms with Crippen LogP contribution in [0.5, 0.6) is 0 Å². The zero-order valence-corrected chi connectivity index (χ0v) is 19.3. The van der Waals surface area contributed by atoms with Crippen molar-refractivity contribution in [2.45, 2.75) is 114 Å². The first-order chi connectivity index (χ1) is 14.4. The van der Waals surface area contributed by atoms with Crippen LogP contribution in [0.2, 0.25) is 0 Å². The van der Waals surface area contributed by atoms with Crippen LogP contribution < -0.4 is 5.73 Å². The molecule has 0 bridgehead atoms. The number of hydrogen-bond donors (Lipinski definition) is 4. The summed E-state index contributed by atoms with van der Waals surface area (Å²) in [5.74, 6) is 4.33. The molecule has 0 fully saturated rings. The smallest absolute Gasteiger partial charge is 0.321 e. The van der Waals surface area contributed by atoms with E-state index in [1.54, 1.807) is 0 Å².